The molecule has 0 radical (unpaired) electrons. The van der Waals surface area contributed by atoms with Gasteiger partial charge in [-0.3, -0.25) is 9.69 Å². The Balaban J connectivity index is 2.01. The summed E-state index contributed by atoms with van der Waals surface area (Å²) in [5.41, 5.74) is 7.06. The highest BCUT2D eigenvalue weighted by molar-refractivity contribution is 9.10. The first-order chi connectivity index (χ1) is 9.11. The van der Waals surface area contributed by atoms with Gasteiger partial charge in [-0.1, -0.05) is 6.08 Å². The molecule has 1 fully saturated rings. The van der Waals surface area contributed by atoms with Crippen LogP contribution in [0, 0.1) is 0 Å². The normalized spacial score (nSPS) is 16.4. The van der Waals surface area contributed by atoms with Gasteiger partial charge in [0.25, 0.3) is 5.91 Å². The quantitative estimate of drug-likeness (QED) is 0.683. The summed E-state index contributed by atoms with van der Waals surface area (Å²) in [4.78, 5) is 16.5. The predicted molar refractivity (Wildman–Crippen MR) is 81.1 cm³/mol. The average molecular weight is 324 g/mol. The van der Waals surface area contributed by atoms with E-state index in [9.17, 15) is 4.79 Å². The van der Waals surface area contributed by atoms with E-state index >= 15 is 0 Å². The van der Waals surface area contributed by atoms with E-state index in [1.807, 2.05) is 17.0 Å². The number of rotatable bonds is 3. The number of anilines is 1. The molecule has 0 spiro atoms. The van der Waals surface area contributed by atoms with Crippen molar-refractivity contribution in [1.82, 2.24) is 9.80 Å². The van der Waals surface area contributed by atoms with Crippen molar-refractivity contribution in [1.29, 1.82) is 0 Å². The van der Waals surface area contributed by atoms with Crippen LogP contribution in [0.25, 0.3) is 0 Å². The van der Waals surface area contributed by atoms with Crippen LogP contribution in [0.15, 0.2) is 35.3 Å². The maximum absolute atomic E-state index is 12.3. The molecule has 1 aromatic rings. The molecule has 1 aromatic carbocycles. The molecule has 0 bridgehead atoms. The second kappa shape index (κ2) is 6.21. The monoisotopic (exact) mass is 323 g/mol. The molecule has 1 heterocycles. The molecule has 0 saturated carbocycles. The molecule has 2 rings (SSSR count). The molecule has 0 aliphatic carbocycles. The number of piperazine rings is 1. The number of nitrogens with two attached hydrogens (primary N) is 1. The molecule has 102 valence electrons. The molecule has 4 nitrogen and oxygen atoms in total. The average Bonchev–Trinajstić information content (AvgIpc) is 2.42. The van der Waals surface area contributed by atoms with E-state index in [-0.39, 0.29) is 5.91 Å². The van der Waals surface area contributed by atoms with E-state index in [1.54, 1.807) is 12.1 Å². The second-order valence-electron chi connectivity index (χ2n) is 4.62. The fourth-order valence-electron chi connectivity index (χ4n) is 2.18. The minimum atomic E-state index is 0.0532. The van der Waals surface area contributed by atoms with E-state index in [0.29, 0.717) is 11.3 Å². The summed E-state index contributed by atoms with van der Waals surface area (Å²) < 4.78 is 0.819. The molecule has 1 saturated heterocycles. The fourth-order valence-corrected chi connectivity index (χ4v) is 2.42. The summed E-state index contributed by atoms with van der Waals surface area (Å²) in [5.74, 6) is 0.0532. The standard InChI is InChI=1S/C14H18BrN3O/c1-2-5-17-6-8-18(9-7-17)14(19)11-3-4-12(15)13(16)10-11/h2-4,10H,1,5-9,16H2. The highest BCUT2D eigenvalue weighted by Crippen LogP contribution is 2.21. The molecule has 5 heteroatoms. The number of hydrogen-bond donors (Lipinski definition) is 1. The lowest BCUT2D eigenvalue weighted by Gasteiger charge is -2.34. The van der Waals surface area contributed by atoms with Gasteiger partial charge in [0.1, 0.15) is 0 Å². The van der Waals surface area contributed by atoms with Gasteiger partial charge in [0.2, 0.25) is 0 Å². The van der Waals surface area contributed by atoms with Crippen LogP contribution in [0.5, 0.6) is 0 Å². The van der Waals surface area contributed by atoms with Crippen molar-refractivity contribution in [2.75, 3.05) is 38.5 Å². The minimum Gasteiger partial charge on any atom is -0.398 e. The first-order valence-corrected chi connectivity index (χ1v) is 7.08. The third-order valence-corrected chi connectivity index (χ3v) is 4.01. The lowest BCUT2D eigenvalue weighted by molar-refractivity contribution is 0.0650. The van der Waals surface area contributed by atoms with Gasteiger partial charge in [0.05, 0.1) is 0 Å². The maximum atomic E-state index is 12.3. The van der Waals surface area contributed by atoms with Gasteiger partial charge in [-0.2, -0.15) is 0 Å². The Hall–Kier alpha value is -1.33. The molecule has 0 aromatic heterocycles. The Bertz CT molecular complexity index is 482. The largest absolute Gasteiger partial charge is 0.398 e. The second-order valence-corrected chi connectivity index (χ2v) is 5.47. The summed E-state index contributed by atoms with van der Waals surface area (Å²) in [7, 11) is 0. The zero-order valence-electron chi connectivity index (χ0n) is 10.8. The smallest absolute Gasteiger partial charge is 0.254 e. The highest BCUT2D eigenvalue weighted by atomic mass is 79.9. The summed E-state index contributed by atoms with van der Waals surface area (Å²) in [6.07, 6.45) is 1.90. The molecule has 1 amide bonds. The van der Waals surface area contributed by atoms with Crippen molar-refractivity contribution in [3.63, 3.8) is 0 Å². The highest BCUT2D eigenvalue weighted by Gasteiger charge is 2.21. The summed E-state index contributed by atoms with van der Waals surface area (Å²) in [6.45, 7) is 7.91. The van der Waals surface area contributed by atoms with Crippen molar-refractivity contribution in [3.8, 4) is 0 Å². The molecule has 1 aliphatic rings. The van der Waals surface area contributed by atoms with Crippen LogP contribution in [-0.2, 0) is 0 Å². The number of halogens is 1. The number of amides is 1. The molecule has 0 unspecified atom stereocenters. The fraction of sp³-hybridized carbons (Fsp3) is 0.357. The maximum Gasteiger partial charge on any atom is 0.254 e. The topological polar surface area (TPSA) is 49.6 Å². The summed E-state index contributed by atoms with van der Waals surface area (Å²) in [6, 6.07) is 5.35. The van der Waals surface area contributed by atoms with Crippen LogP contribution in [-0.4, -0.2) is 48.4 Å². The number of carbonyl (C=O) groups is 1. The summed E-state index contributed by atoms with van der Waals surface area (Å²) >= 11 is 3.33. The van der Waals surface area contributed by atoms with Crippen molar-refractivity contribution in [2.24, 2.45) is 0 Å². The predicted octanol–water partition coefficient (Wildman–Crippen LogP) is 1.98. The van der Waals surface area contributed by atoms with E-state index in [1.165, 1.54) is 0 Å². The Morgan fingerprint density at radius 1 is 1.37 bits per heavy atom. The molecule has 1 aliphatic heterocycles. The van der Waals surface area contributed by atoms with E-state index < -0.39 is 0 Å². The van der Waals surface area contributed by atoms with Crippen LogP contribution in [0.4, 0.5) is 5.69 Å². The molecule has 2 N–H and O–H groups in total. The first-order valence-electron chi connectivity index (χ1n) is 6.29. The van der Waals surface area contributed by atoms with Gasteiger partial charge < -0.3 is 10.6 Å². The van der Waals surface area contributed by atoms with Crippen LogP contribution < -0.4 is 5.73 Å². The minimum absolute atomic E-state index is 0.0532. The third-order valence-electron chi connectivity index (χ3n) is 3.29. The Labute approximate surface area is 122 Å². The Morgan fingerprint density at radius 3 is 2.63 bits per heavy atom. The van der Waals surface area contributed by atoms with Crippen LogP contribution >= 0.6 is 15.9 Å². The molecular formula is C14H18BrN3O. The van der Waals surface area contributed by atoms with E-state index in [4.69, 9.17) is 5.73 Å². The number of nitrogen functional groups attached to an aromatic ring is 1. The van der Waals surface area contributed by atoms with E-state index in [2.05, 4.69) is 27.4 Å². The molecule has 0 atom stereocenters. The van der Waals surface area contributed by atoms with Gasteiger partial charge in [0, 0.05) is 48.4 Å². The lowest BCUT2D eigenvalue weighted by atomic mass is 10.1. The zero-order chi connectivity index (χ0) is 13.8. The Kier molecular flexibility index (Phi) is 4.61. The van der Waals surface area contributed by atoms with Gasteiger partial charge in [-0.15, -0.1) is 6.58 Å². The van der Waals surface area contributed by atoms with Gasteiger partial charge >= 0.3 is 0 Å². The van der Waals surface area contributed by atoms with Crippen molar-refractivity contribution >= 4 is 27.5 Å². The number of carbonyl (C=O) groups excluding carboxylic acids is 1. The lowest BCUT2D eigenvalue weighted by Crippen LogP contribution is -2.48. The van der Waals surface area contributed by atoms with Crippen molar-refractivity contribution in [3.05, 3.63) is 40.9 Å². The van der Waals surface area contributed by atoms with Crippen LogP contribution in [0.2, 0.25) is 0 Å². The van der Waals surface area contributed by atoms with Crippen LogP contribution in [0.3, 0.4) is 0 Å². The van der Waals surface area contributed by atoms with Gasteiger partial charge in [-0.05, 0) is 34.1 Å². The SMILES string of the molecule is C=CCN1CCN(C(=O)c2ccc(Br)c(N)c2)CC1. The third kappa shape index (κ3) is 3.36. The molecule has 19 heavy (non-hydrogen) atoms. The first kappa shape index (κ1) is 14.1. The van der Waals surface area contributed by atoms with Crippen LogP contribution in [0.1, 0.15) is 10.4 Å². The molecular weight excluding hydrogens is 306 g/mol. The van der Waals surface area contributed by atoms with Gasteiger partial charge in [0.15, 0.2) is 0 Å². The number of nitrogens with zero attached hydrogens (tertiary/aromatic N) is 2. The Morgan fingerprint density at radius 2 is 2.05 bits per heavy atom. The summed E-state index contributed by atoms with van der Waals surface area (Å²) in [5, 5.41) is 0. The van der Waals surface area contributed by atoms with Crippen molar-refractivity contribution in [2.45, 2.75) is 0 Å². The number of hydrogen-bond acceptors (Lipinski definition) is 3. The van der Waals surface area contributed by atoms with E-state index in [0.717, 1.165) is 37.2 Å². The van der Waals surface area contributed by atoms with Gasteiger partial charge in [-0.25, -0.2) is 0 Å². The van der Waals surface area contributed by atoms with Crippen molar-refractivity contribution < 1.29 is 4.79 Å². The zero-order valence-corrected chi connectivity index (χ0v) is 12.4. The number of benzene rings is 1.